The molecule has 0 bridgehead atoms. The van der Waals surface area contributed by atoms with Gasteiger partial charge in [0.1, 0.15) is 0 Å². The molecule has 0 radical (unpaired) electrons. The minimum atomic E-state index is -3.14. The van der Waals surface area contributed by atoms with E-state index >= 15 is 0 Å². The van der Waals surface area contributed by atoms with Gasteiger partial charge in [-0.2, -0.15) is 0 Å². The van der Waals surface area contributed by atoms with Crippen LogP contribution in [-0.4, -0.2) is 55.1 Å². The number of pyridine rings is 1. The van der Waals surface area contributed by atoms with Crippen molar-refractivity contribution in [3.63, 3.8) is 0 Å². The molecule has 1 N–H and O–H groups in total. The topological polar surface area (TPSA) is 115 Å². The minimum Gasteiger partial charge on any atom is -0.464 e. The minimum absolute atomic E-state index is 0.0429. The number of carbonyl (C=O) groups excluding carboxylic acids is 2. The number of hydrogen-bond acceptors (Lipinski definition) is 7. The van der Waals surface area contributed by atoms with Gasteiger partial charge in [-0.05, 0) is 24.6 Å². The van der Waals surface area contributed by atoms with E-state index in [9.17, 15) is 18.0 Å². The Bertz CT molecular complexity index is 1130. The number of aliphatic imine (C=N–C) groups is 1. The normalized spacial score (nSPS) is 17.2. The van der Waals surface area contributed by atoms with E-state index in [1.165, 1.54) is 12.4 Å². The van der Waals surface area contributed by atoms with Gasteiger partial charge in [0.05, 0.1) is 33.7 Å². The predicted molar refractivity (Wildman–Crippen MR) is 123 cm³/mol. The van der Waals surface area contributed by atoms with Gasteiger partial charge in [0, 0.05) is 36.6 Å². The Kier molecular flexibility index (Phi) is 7.86. The smallest absolute Gasteiger partial charge is 0.331 e. The van der Waals surface area contributed by atoms with Crippen LogP contribution in [0.3, 0.4) is 0 Å². The summed E-state index contributed by atoms with van der Waals surface area (Å²) in [4.78, 5) is 33.0. The van der Waals surface area contributed by atoms with Gasteiger partial charge >= 0.3 is 5.97 Å². The molecule has 170 valence electrons. The third kappa shape index (κ3) is 6.27. The molecule has 1 saturated heterocycles. The molecule has 1 aromatic heterocycles. The average molecular weight is 498 g/mol. The van der Waals surface area contributed by atoms with E-state index in [0.29, 0.717) is 17.8 Å². The number of rotatable bonds is 7. The second-order valence-electron chi connectivity index (χ2n) is 7.14. The number of anilines is 1. The van der Waals surface area contributed by atoms with Crippen molar-refractivity contribution in [3.05, 3.63) is 57.8 Å². The van der Waals surface area contributed by atoms with Gasteiger partial charge in [0.15, 0.2) is 15.9 Å². The first-order valence-corrected chi connectivity index (χ1v) is 12.4. The lowest BCUT2D eigenvalue weighted by Crippen LogP contribution is -2.26. The molecule has 0 saturated carbocycles. The number of halogens is 2. The van der Waals surface area contributed by atoms with Crippen LogP contribution < -0.4 is 5.32 Å². The molecule has 32 heavy (non-hydrogen) atoms. The van der Waals surface area contributed by atoms with E-state index in [1.54, 1.807) is 31.2 Å². The van der Waals surface area contributed by atoms with Gasteiger partial charge in [-0.3, -0.25) is 14.8 Å². The van der Waals surface area contributed by atoms with Gasteiger partial charge in [0.25, 0.3) is 5.91 Å². The van der Waals surface area contributed by atoms with E-state index < -0.39 is 27.8 Å². The molecule has 2 aromatic rings. The molecule has 0 unspecified atom stereocenters. The highest BCUT2D eigenvalue weighted by Crippen LogP contribution is 2.24. The second kappa shape index (κ2) is 10.4. The number of aromatic nitrogens is 1. The zero-order chi connectivity index (χ0) is 23.3. The SMILES string of the molecule is CCOC(=O)[C@H](Cc1ccc(NC(=O)c2c(Cl)cncc2Cl)cc1)N=C1CCS(=O)(=O)C1. The van der Waals surface area contributed by atoms with Crippen LogP contribution in [0.25, 0.3) is 0 Å². The molecular weight excluding hydrogens is 477 g/mol. The van der Waals surface area contributed by atoms with Crippen LogP contribution in [0.1, 0.15) is 29.3 Å². The van der Waals surface area contributed by atoms with Gasteiger partial charge in [-0.25, -0.2) is 13.2 Å². The highest BCUT2D eigenvalue weighted by molar-refractivity contribution is 7.92. The van der Waals surface area contributed by atoms with Crippen LogP contribution in [0.4, 0.5) is 5.69 Å². The second-order valence-corrected chi connectivity index (χ2v) is 10.1. The Morgan fingerprint density at radius 3 is 2.41 bits per heavy atom. The molecule has 11 heteroatoms. The molecule has 2 heterocycles. The Balaban J connectivity index is 1.72. The van der Waals surface area contributed by atoms with Crippen molar-refractivity contribution in [2.24, 2.45) is 4.99 Å². The molecule has 1 aliphatic heterocycles. The number of ether oxygens (including phenoxy) is 1. The van der Waals surface area contributed by atoms with Crippen molar-refractivity contribution in [2.45, 2.75) is 25.8 Å². The van der Waals surface area contributed by atoms with Crippen LogP contribution in [0, 0.1) is 0 Å². The largest absolute Gasteiger partial charge is 0.464 e. The zero-order valence-electron chi connectivity index (χ0n) is 17.2. The highest BCUT2D eigenvalue weighted by Gasteiger charge is 2.27. The quantitative estimate of drug-likeness (QED) is 0.586. The Hall–Kier alpha value is -2.49. The van der Waals surface area contributed by atoms with E-state index in [2.05, 4.69) is 15.3 Å². The summed E-state index contributed by atoms with van der Waals surface area (Å²) in [6.45, 7) is 1.89. The number of benzene rings is 1. The van der Waals surface area contributed by atoms with Crippen molar-refractivity contribution in [2.75, 3.05) is 23.4 Å². The molecule has 1 amide bonds. The lowest BCUT2D eigenvalue weighted by molar-refractivity contribution is -0.144. The van der Waals surface area contributed by atoms with Crippen LogP contribution in [-0.2, 0) is 25.8 Å². The Labute approximate surface area is 195 Å². The van der Waals surface area contributed by atoms with Crippen LogP contribution in [0.5, 0.6) is 0 Å². The highest BCUT2D eigenvalue weighted by atomic mass is 35.5. The fourth-order valence-electron chi connectivity index (χ4n) is 3.18. The van der Waals surface area contributed by atoms with E-state index in [-0.39, 0.29) is 40.1 Å². The first-order chi connectivity index (χ1) is 15.2. The summed E-state index contributed by atoms with van der Waals surface area (Å²) in [6, 6.07) is 5.98. The lowest BCUT2D eigenvalue weighted by atomic mass is 10.1. The van der Waals surface area contributed by atoms with E-state index in [0.717, 1.165) is 5.56 Å². The molecule has 0 aliphatic carbocycles. The number of amides is 1. The van der Waals surface area contributed by atoms with Crippen LogP contribution in [0.15, 0.2) is 41.7 Å². The molecule has 1 aromatic carbocycles. The van der Waals surface area contributed by atoms with Crippen LogP contribution in [0.2, 0.25) is 10.0 Å². The molecule has 1 fully saturated rings. The first kappa shape index (κ1) is 24.2. The van der Waals surface area contributed by atoms with Gasteiger partial charge in [-0.15, -0.1) is 0 Å². The Morgan fingerprint density at radius 2 is 1.84 bits per heavy atom. The summed E-state index contributed by atoms with van der Waals surface area (Å²) in [5.74, 6) is -1.08. The summed E-state index contributed by atoms with van der Waals surface area (Å²) in [7, 11) is -3.14. The van der Waals surface area contributed by atoms with Gasteiger partial charge in [0.2, 0.25) is 0 Å². The number of nitrogens with one attached hydrogen (secondary N) is 1. The van der Waals surface area contributed by atoms with E-state index in [4.69, 9.17) is 27.9 Å². The fraction of sp³-hybridized carbons (Fsp3) is 0.333. The molecule has 8 nitrogen and oxygen atoms in total. The molecule has 1 atom stereocenters. The summed E-state index contributed by atoms with van der Waals surface area (Å²) in [5.41, 5.74) is 1.88. The molecular formula is C21H21Cl2N3O5S. The number of sulfone groups is 1. The van der Waals surface area contributed by atoms with Crippen molar-refractivity contribution in [3.8, 4) is 0 Å². The number of hydrogen-bond donors (Lipinski definition) is 1. The summed E-state index contributed by atoms with van der Waals surface area (Å²) < 4.78 is 28.5. The average Bonchev–Trinajstić information content (AvgIpc) is 3.07. The summed E-state index contributed by atoms with van der Waals surface area (Å²) in [5, 5.41) is 2.98. The summed E-state index contributed by atoms with van der Waals surface area (Å²) >= 11 is 12.0. The Morgan fingerprint density at radius 1 is 1.19 bits per heavy atom. The van der Waals surface area contributed by atoms with E-state index in [1.807, 2.05) is 0 Å². The fourth-order valence-corrected chi connectivity index (χ4v) is 5.14. The first-order valence-electron chi connectivity index (χ1n) is 9.80. The number of esters is 1. The maximum Gasteiger partial charge on any atom is 0.331 e. The lowest BCUT2D eigenvalue weighted by Gasteiger charge is -2.13. The maximum atomic E-state index is 12.5. The van der Waals surface area contributed by atoms with Crippen molar-refractivity contribution in [1.82, 2.24) is 4.98 Å². The standard InChI is InChI=1S/C21H21Cl2N3O5S/c1-2-31-21(28)18(25-15-7-8-32(29,30)12-15)9-13-3-5-14(6-4-13)26-20(27)19-16(22)10-24-11-17(19)23/h3-6,10-11,18H,2,7-9,12H2,1H3,(H,26,27)/t18-/m0/s1. The third-order valence-corrected chi connectivity index (χ3v) is 6.88. The summed E-state index contributed by atoms with van der Waals surface area (Å²) in [6.07, 6.45) is 3.22. The number of nitrogens with zero attached hydrogens (tertiary/aromatic N) is 2. The molecule has 1 aliphatic rings. The predicted octanol–water partition coefficient (Wildman–Crippen LogP) is 3.37. The van der Waals surface area contributed by atoms with Gasteiger partial charge in [-0.1, -0.05) is 35.3 Å². The molecule has 0 spiro atoms. The van der Waals surface area contributed by atoms with Crippen LogP contribution >= 0.6 is 23.2 Å². The monoisotopic (exact) mass is 497 g/mol. The van der Waals surface area contributed by atoms with Gasteiger partial charge < -0.3 is 10.1 Å². The number of carbonyl (C=O) groups is 2. The molecule has 3 rings (SSSR count). The zero-order valence-corrected chi connectivity index (χ0v) is 19.5. The van der Waals surface area contributed by atoms with Crippen molar-refractivity contribution >= 4 is 56.3 Å². The van der Waals surface area contributed by atoms with Crippen molar-refractivity contribution < 1.29 is 22.7 Å². The third-order valence-electron chi connectivity index (χ3n) is 4.71. The van der Waals surface area contributed by atoms with Crippen molar-refractivity contribution in [1.29, 1.82) is 0 Å². The maximum absolute atomic E-state index is 12.5.